The number of aromatic nitrogens is 1. The third-order valence-electron chi connectivity index (χ3n) is 3.79. The molecule has 2 aromatic heterocycles. The Kier molecular flexibility index (Phi) is 4.99. The lowest BCUT2D eigenvalue weighted by molar-refractivity contribution is -0.122. The highest BCUT2D eigenvalue weighted by molar-refractivity contribution is 5.97. The zero-order chi connectivity index (χ0) is 17.6. The molecule has 3 rings (SSSR count). The highest BCUT2D eigenvalue weighted by Crippen LogP contribution is 2.10. The van der Waals surface area contributed by atoms with Gasteiger partial charge in [0.05, 0.1) is 12.8 Å². The molecule has 1 atom stereocenters. The first kappa shape index (κ1) is 16.6. The quantitative estimate of drug-likeness (QED) is 0.725. The number of furan rings is 1. The van der Waals surface area contributed by atoms with Crippen LogP contribution >= 0.6 is 0 Å². The van der Waals surface area contributed by atoms with Gasteiger partial charge in [-0.2, -0.15) is 0 Å². The van der Waals surface area contributed by atoms with Gasteiger partial charge in [0, 0.05) is 23.6 Å². The highest BCUT2D eigenvalue weighted by atomic mass is 16.3. The Morgan fingerprint density at radius 2 is 1.80 bits per heavy atom. The third-order valence-corrected chi connectivity index (χ3v) is 3.79. The summed E-state index contributed by atoms with van der Waals surface area (Å²) in [5.41, 5.74) is 1.47. The van der Waals surface area contributed by atoms with E-state index < -0.39 is 6.04 Å². The van der Waals surface area contributed by atoms with Crippen LogP contribution in [0, 0.1) is 0 Å². The standard InChI is InChI=1S/C19H19N3O3/c1-14(18(23)20-13-17-5-4-12-25-17)21-19(24)15-6-8-16(9-7-15)22-10-2-3-11-22/h2-12,14H,13H2,1H3,(H,20,23)(H,21,24). The Balaban J connectivity index is 1.54. The molecule has 0 fully saturated rings. The average molecular weight is 337 g/mol. The van der Waals surface area contributed by atoms with Gasteiger partial charge >= 0.3 is 0 Å². The minimum Gasteiger partial charge on any atom is -0.467 e. The maximum absolute atomic E-state index is 12.3. The number of carbonyl (C=O) groups excluding carboxylic acids is 2. The van der Waals surface area contributed by atoms with E-state index in [1.54, 1.807) is 37.5 Å². The molecular formula is C19H19N3O3. The summed E-state index contributed by atoms with van der Waals surface area (Å²) in [5, 5.41) is 5.41. The van der Waals surface area contributed by atoms with Crippen molar-refractivity contribution >= 4 is 11.8 Å². The normalized spacial score (nSPS) is 11.7. The molecule has 6 heteroatoms. The van der Waals surface area contributed by atoms with Crippen LogP contribution < -0.4 is 10.6 Å². The van der Waals surface area contributed by atoms with Crippen molar-refractivity contribution in [2.75, 3.05) is 0 Å². The van der Waals surface area contributed by atoms with Gasteiger partial charge in [0.2, 0.25) is 5.91 Å². The zero-order valence-electron chi connectivity index (χ0n) is 13.8. The summed E-state index contributed by atoms with van der Waals surface area (Å²) in [6, 6.07) is 13.9. The summed E-state index contributed by atoms with van der Waals surface area (Å²) in [4.78, 5) is 24.3. The summed E-state index contributed by atoms with van der Waals surface area (Å²) in [7, 11) is 0. The molecule has 1 aromatic carbocycles. The first-order valence-electron chi connectivity index (χ1n) is 7.98. The number of nitrogens with one attached hydrogen (secondary N) is 2. The number of amides is 2. The molecule has 2 heterocycles. The van der Waals surface area contributed by atoms with E-state index in [0.29, 0.717) is 11.3 Å². The second-order valence-corrected chi connectivity index (χ2v) is 5.63. The van der Waals surface area contributed by atoms with Crippen LogP contribution in [0.25, 0.3) is 5.69 Å². The summed E-state index contributed by atoms with van der Waals surface area (Å²) < 4.78 is 7.10. The first-order valence-corrected chi connectivity index (χ1v) is 7.98. The van der Waals surface area contributed by atoms with Crippen molar-refractivity contribution in [3.8, 4) is 5.69 Å². The summed E-state index contributed by atoms with van der Waals surface area (Å²) in [5.74, 6) is 0.0980. The molecule has 0 aliphatic rings. The third kappa shape index (κ3) is 4.17. The largest absolute Gasteiger partial charge is 0.467 e. The van der Waals surface area contributed by atoms with Crippen molar-refractivity contribution < 1.29 is 14.0 Å². The van der Waals surface area contributed by atoms with Gasteiger partial charge < -0.3 is 19.6 Å². The van der Waals surface area contributed by atoms with Crippen LogP contribution in [0.1, 0.15) is 23.0 Å². The fourth-order valence-corrected chi connectivity index (χ4v) is 2.38. The topological polar surface area (TPSA) is 76.3 Å². The number of nitrogens with zero attached hydrogens (tertiary/aromatic N) is 1. The summed E-state index contributed by atoms with van der Waals surface area (Å²) in [6.45, 7) is 1.93. The molecule has 0 saturated carbocycles. The number of carbonyl (C=O) groups is 2. The Hall–Kier alpha value is -3.28. The molecule has 1 unspecified atom stereocenters. The zero-order valence-corrected chi connectivity index (χ0v) is 13.8. The molecule has 3 aromatic rings. The molecule has 0 bridgehead atoms. The van der Waals surface area contributed by atoms with Gasteiger partial charge in [-0.25, -0.2) is 0 Å². The number of rotatable bonds is 6. The van der Waals surface area contributed by atoms with Gasteiger partial charge in [-0.15, -0.1) is 0 Å². The second-order valence-electron chi connectivity index (χ2n) is 5.63. The SMILES string of the molecule is CC(NC(=O)c1ccc(-n2cccc2)cc1)C(=O)NCc1ccco1. The van der Waals surface area contributed by atoms with E-state index in [0.717, 1.165) is 5.69 Å². The maximum atomic E-state index is 12.3. The van der Waals surface area contributed by atoms with Gasteiger partial charge in [0.25, 0.3) is 5.91 Å². The van der Waals surface area contributed by atoms with E-state index in [-0.39, 0.29) is 18.4 Å². The lowest BCUT2D eigenvalue weighted by Gasteiger charge is -2.14. The van der Waals surface area contributed by atoms with Crippen LogP contribution in [0.15, 0.2) is 71.6 Å². The van der Waals surface area contributed by atoms with Gasteiger partial charge in [0.1, 0.15) is 11.8 Å². The van der Waals surface area contributed by atoms with E-state index in [9.17, 15) is 9.59 Å². The van der Waals surface area contributed by atoms with Crippen LogP contribution in [0.5, 0.6) is 0 Å². The van der Waals surface area contributed by atoms with Crippen LogP contribution in [-0.4, -0.2) is 22.4 Å². The Morgan fingerprint density at radius 1 is 1.08 bits per heavy atom. The van der Waals surface area contributed by atoms with E-state index in [1.165, 1.54) is 0 Å². The van der Waals surface area contributed by atoms with Crippen molar-refractivity contribution in [3.63, 3.8) is 0 Å². The predicted octanol–water partition coefficient (Wildman–Crippen LogP) is 2.51. The highest BCUT2D eigenvalue weighted by Gasteiger charge is 2.16. The molecule has 6 nitrogen and oxygen atoms in total. The second kappa shape index (κ2) is 7.53. The Morgan fingerprint density at radius 3 is 2.44 bits per heavy atom. The molecule has 2 N–H and O–H groups in total. The van der Waals surface area contributed by atoms with Crippen LogP contribution in [0.4, 0.5) is 0 Å². The van der Waals surface area contributed by atoms with E-state index >= 15 is 0 Å². The minimum atomic E-state index is -0.647. The van der Waals surface area contributed by atoms with E-state index in [4.69, 9.17) is 4.42 Å². The monoisotopic (exact) mass is 337 g/mol. The van der Waals surface area contributed by atoms with Crippen LogP contribution in [0.3, 0.4) is 0 Å². The first-order chi connectivity index (χ1) is 12.1. The van der Waals surface area contributed by atoms with Crippen molar-refractivity contribution in [1.82, 2.24) is 15.2 Å². The number of hydrogen-bond donors (Lipinski definition) is 2. The van der Waals surface area contributed by atoms with Crippen LogP contribution in [-0.2, 0) is 11.3 Å². The van der Waals surface area contributed by atoms with Crippen LogP contribution in [0.2, 0.25) is 0 Å². The molecule has 0 saturated heterocycles. The maximum Gasteiger partial charge on any atom is 0.251 e. The van der Waals surface area contributed by atoms with Gasteiger partial charge in [-0.3, -0.25) is 9.59 Å². The molecule has 128 valence electrons. The lowest BCUT2D eigenvalue weighted by atomic mass is 10.1. The molecule has 0 aliphatic heterocycles. The molecule has 2 amide bonds. The van der Waals surface area contributed by atoms with Gasteiger partial charge in [0.15, 0.2) is 0 Å². The Labute approximate surface area is 145 Å². The predicted molar refractivity (Wildman–Crippen MR) is 93.3 cm³/mol. The minimum absolute atomic E-state index is 0.270. The van der Waals surface area contributed by atoms with Gasteiger partial charge in [-0.05, 0) is 55.5 Å². The number of benzene rings is 1. The molecule has 0 aliphatic carbocycles. The van der Waals surface area contributed by atoms with Crippen molar-refractivity contribution in [2.24, 2.45) is 0 Å². The molecule has 0 spiro atoms. The van der Waals surface area contributed by atoms with E-state index in [1.807, 2.05) is 41.2 Å². The van der Waals surface area contributed by atoms with E-state index in [2.05, 4.69) is 10.6 Å². The Bertz CT molecular complexity index is 821. The summed E-state index contributed by atoms with van der Waals surface area (Å²) in [6.07, 6.45) is 5.41. The van der Waals surface area contributed by atoms with Crippen molar-refractivity contribution in [3.05, 3.63) is 78.5 Å². The smallest absolute Gasteiger partial charge is 0.251 e. The van der Waals surface area contributed by atoms with Crippen molar-refractivity contribution in [2.45, 2.75) is 19.5 Å². The number of hydrogen-bond acceptors (Lipinski definition) is 3. The molecule has 25 heavy (non-hydrogen) atoms. The van der Waals surface area contributed by atoms with Gasteiger partial charge in [-0.1, -0.05) is 0 Å². The summed E-state index contributed by atoms with van der Waals surface area (Å²) >= 11 is 0. The molecule has 0 radical (unpaired) electrons. The fraction of sp³-hybridized carbons (Fsp3) is 0.158. The fourth-order valence-electron chi connectivity index (χ4n) is 2.38. The molecular weight excluding hydrogens is 318 g/mol. The average Bonchev–Trinajstić information content (AvgIpc) is 3.33. The van der Waals surface area contributed by atoms with Crippen molar-refractivity contribution in [1.29, 1.82) is 0 Å². The lowest BCUT2D eigenvalue weighted by Crippen LogP contribution is -2.44.